The number of aromatic nitrogens is 1. The molecule has 0 bridgehead atoms. The van der Waals surface area contributed by atoms with Gasteiger partial charge in [-0.05, 0) is 31.5 Å². The second-order valence-corrected chi connectivity index (χ2v) is 11.9. The Morgan fingerprint density at radius 1 is 1.28 bits per heavy atom. The van der Waals surface area contributed by atoms with Crippen LogP contribution in [0.1, 0.15) is 19.3 Å². The lowest BCUT2D eigenvalue weighted by Gasteiger charge is -2.32. The Bertz CT molecular complexity index is 1140. The van der Waals surface area contributed by atoms with Crippen LogP contribution in [0.2, 0.25) is 9.36 Å². The van der Waals surface area contributed by atoms with Crippen molar-refractivity contribution < 1.29 is 22.3 Å². The molecule has 2 N–H and O–H groups in total. The summed E-state index contributed by atoms with van der Waals surface area (Å²) in [5.41, 5.74) is 0.149. The third-order valence-corrected chi connectivity index (χ3v) is 9.03. The highest BCUT2D eigenvalue weighted by molar-refractivity contribution is 7.93. The molecule has 8 nitrogen and oxygen atoms in total. The molecule has 3 fully saturated rings. The quantitative estimate of drug-likeness (QED) is 0.596. The van der Waals surface area contributed by atoms with Crippen LogP contribution in [0.5, 0.6) is 0 Å². The van der Waals surface area contributed by atoms with Crippen LogP contribution in [0.3, 0.4) is 0 Å². The van der Waals surface area contributed by atoms with Gasteiger partial charge in [0.15, 0.2) is 10.9 Å². The van der Waals surface area contributed by atoms with Crippen LogP contribution in [-0.4, -0.2) is 62.5 Å². The van der Waals surface area contributed by atoms with Crippen molar-refractivity contribution in [3.63, 3.8) is 0 Å². The zero-order valence-electron chi connectivity index (χ0n) is 16.9. The lowest BCUT2D eigenvalue weighted by atomic mass is 9.92. The van der Waals surface area contributed by atoms with Crippen LogP contribution in [0.15, 0.2) is 23.2 Å². The predicted molar refractivity (Wildman–Crippen MR) is 121 cm³/mol. The van der Waals surface area contributed by atoms with E-state index in [-0.39, 0.29) is 15.7 Å². The first-order valence-corrected chi connectivity index (χ1v) is 13.2. The number of thiazole rings is 1. The summed E-state index contributed by atoms with van der Waals surface area (Å²) in [5.74, 6) is -1.49. The maximum Gasteiger partial charge on any atom is 0.266 e. The first-order chi connectivity index (χ1) is 15.2. The number of hydrogen-bond donors (Lipinski definition) is 2. The van der Waals surface area contributed by atoms with Gasteiger partial charge in [0.2, 0.25) is 0 Å². The second-order valence-electron chi connectivity index (χ2n) is 8.22. The van der Waals surface area contributed by atoms with Crippen molar-refractivity contribution in [2.24, 2.45) is 0 Å². The van der Waals surface area contributed by atoms with Crippen LogP contribution in [-0.2, 0) is 19.5 Å². The van der Waals surface area contributed by atoms with Gasteiger partial charge >= 0.3 is 0 Å². The fourth-order valence-corrected chi connectivity index (χ4v) is 7.28. The van der Waals surface area contributed by atoms with E-state index in [9.17, 15) is 12.8 Å². The summed E-state index contributed by atoms with van der Waals surface area (Å²) in [6, 6.07) is 2.20. The summed E-state index contributed by atoms with van der Waals surface area (Å²) in [5, 5.41) is 3.37. The summed E-state index contributed by atoms with van der Waals surface area (Å²) in [6.45, 7) is 3.35. The molecule has 2 aromatic rings. The molecule has 32 heavy (non-hydrogen) atoms. The molecule has 3 aliphatic rings. The molecule has 0 aliphatic carbocycles. The number of rotatable bonds is 6. The van der Waals surface area contributed by atoms with Gasteiger partial charge in [0.1, 0.15) is 15.0 Å². The van der Waals surface area contributed by atoms with Gasteiger partial charge in [0.25, 0.3) is 10.0 Å². The molecule has 5 rings (SSSR count). The molecule has 1 aromatic carbocycles. The van der Waals surface area contributed by atoms with E-state index in [4.69, 9.17) is 32.7 Å². The van der Waals surface area contributed by atoms with Gasteiger partial charge in [-0.1, -0.05) is 34.5 Å². The minimum atomic E-state index is -4.22. The Hall–Kier alpha value is -1.21. The molecule has 1 atom stereocenters. The Morgan fingerprint density at radius 2 is 2.06 bits per heavy atom. The average Bonchev–Trinajstić information content (AvgIpc) is 3.48. The summed E-state index contributed by atoms with van der Waals surface area (Å²) < 4.78 is 54.4. The van der Waals surface area contributed by atoms with Crippen LogP contribution >= 0.6 is 34.5 Å². The molecule has 13 heteroatoms. The van der Waals surface area contributed by atoms with E-state index in [0.29, 0.717) is 36.3 Å². The number of sulfonamides is 1. The number of benzene rings is 1. The number of nitrogens with one attached hydrogen (secondary N) is 2. The molecular formula is C19H21Cl2FN4O4S2. The maximum absolute atomic E-state index is 14.8. The lowest BCUT2D eigenvalue weighted by molar-refractivity contribution is -0.147. The highest BCUT2D eigenvalue weighted by Crippen LogP contribution is 2.47. The Labute approximate surface area is 199 Å². The topological polar surface area (TPSA) is 92.8 Å². The fraction of sp³-hybridized carbons (Fsp3) is 0.526. The third kappa shape index (κ3) is 4.08. The molecule has 0 amide bonds. The van der Waals surface area contributed by atoms with Gasteiger partial charge in [-0.2, -0.15) is 0 Å². The SMILES string of the molecule is O=S(=O)(Nc1ncc(Cl)s1)c1cc(Cl)c(NCC23CCCN2CC2(C3)OCCO2)cc1F. The predicted octanol–water partition coefficient (Wildman–Crippen LogP) is 3.78. The molecule has 1 unspecified atom stereocenters. The molecule has 3 aliphatic heterocycles. The van der Waals surface area contributed by atoms with Crippen molar-refractivity contribution in [3.05, 3.63) is 33.5 Å². The maximum atomic E-state index is 14.8. The summed E-state index contributed by atoms with van der Waals surface area (Å²) in [7, 11) is -4.22. The van der Waals surface area contributed by atoms with E-state index in [0.717, 1.165) is 49.3 Å². The molecule has 1 spiro atoms. The highest BCUT2D eigenvalue weighted by Gasteiger charge is 2.58. The average molecular weight is 523 g/mol. The van der Waals surface area contributed by atoms with E-state index in [2.05, 4.69) is 19.9 Å². The van der Waals surface area contributed by atoms with E-state index < -0.39 is 26.5 Å². The molecule has 4 heterocycles. The largest absolute Gasteiger partial charge is 0.382 e. The highest BCUT2D eigenvalue weighted by atomic mass is 35.5. The standard InChI is InChI=1S/C19H21Cl2FN4O4S2/c20-12-6-15(32(27,28)25-17-23-8-16(21)31-17)13(22)7-14(12)24-10-18-2-1-3-26(18)11-19(9-18)29-4-5-30-19/h6-8,24H,1-5,9-11H2,(H,23,25). The van der Waals surface area contributed by atoms with E-state index in [1.165, 1.54) is 6.20 Å². The Kier molecular flexibility index (Phi) is 5.80. The zero-order valence-corrected chi connectivity index (χ0v) is 20.0. The Morgan fingerprint density at radius 3 is 2.78 bits per heavy atom. The molecule has 0 radical (unpaired) electrons. The van der Waals surface area contributed by atoms with Gasteiger partial charge in [-0.15, -0.1) is 0 Å². The monoisotopic (exact) mass is 522 g/mol. The Balaban J connectivity index is 1.34. The van der Waals surface area contributed by atoms with Crippen molar-refractivity contribution in [3.8, 4) is 0 Å². The molecule has 3 saturated heterocycles. The van der Waals surface area contributed by atoms with Crippen molar-refractivity contribution in [1.82, 2.24) is 9.88 Å². The summed E-state index contributed by atoms with van der Waals surface area (Å²) in [4.78, 5) is 5.63. The number of anilines is 2. The number of nitrogens with zero attached hydrogens (tertiary/aromatic N) is 2. The van der Waals surface area contributed by atoms with Gasteiger partial charge < -0.3 is 14.8 Å². The number of halogens is 3. The van der Waals surface area contributed by atoms with Crippen LogP contribution < -0.4 is 10.0 Å². The molecular weight excluding hydrogens is 502 g/mol. The van der Waals surface area contributed by atoms with Crippen LogP contribution in [0.4, 0.5) is 15.2 Å². The normalized spacial score (nSPS) is 24.8. The number of ether oxygens (including phenoxy) is 2. The minimum Gasteiger partial charge on any atom is -0.382 e. The number of fused-ring (bicyclic) bond motifs is 1. The van der Waals surface area contributed by atoms with Crippen LogP contribution in [0.25, 0.3) is 0 Å². The van der Waals surface area contributed by atoms with Gasteiger partial charge in [0, 0.05) is 18.5 Å². The van der Waals surface area contributed by atoms with Crippen molar-refractivity contribution in [2.45, 2.75) is 35.5 Å². The molecule has 174 valence electrons. The smallest absolute Gasteiger partial charge is 0.266 e. The van der Waals surface area contributed by atoms with Crippen molar-refractivity contribution >= 4 is 55.4 Å². The first kappa shape index (κ1) is 22.6. The van der Waals surface area contributed by atoms with Crippen molar-refractivity contribution in [1.29, 1.82) is 0 Å². The minimum absolute atomic E-state index is 0.0414. The van der Waals surface area contributed by atoms with E-state index in [1.807, 2.05) is 0 Å². The lowest BCUT2D eigenvalue weighted by Crippen LogP contribution is -2.44. The van der Waals surface area contributed by atoms with Crippen molar-refractivity contribution in [2.75, 3.05) is 42.9 Å². The van der Waals surface area contributed by atoms with Gasteiger partial charge in [-0.3, -0.25) is 9.62 Å². The first-order valence-electron chi connectivity index (χ1n) is 10.1. The third-order valence-electron chi connectivity index (χ3n) is 6.20. The van der Waals surface area contributed by atoms with Crippen LogP contribution in [0, 0.1) is 5.82 Å². The zero-order chi connectivity index (χ0) is 22.6. The van der Waals surface area contributed by atoms with Gasteiger partial charge in [-0.25, -0.2) is 17.8 Å². The van der Waals surface area contributed by atoms with E-state index in [1.54, 1.807) is 0 Å². The van der Waals surface area contributed by atoms with E-state index >= 15 is 0 Å². The molecule has 1 aromatic heterocycles. The fourth-order valence-electron chi connectivity index (χ4n) is 4.84. The molecule has 0 saturated carbocycles. The summed E-state index contributed by atoms with van der Waals surface area (Å²) in [6.07, 6.45) is 4.05. The summed E-state index contributed by atoms with van der Waals surface area (Å²) >= 11 is 13.1. The van der Waals surface area contributed by atoms with Gasteiger partial charge in [0.05, 0.1) is 36.7 Å². The second kappa shape index (κ2) is 8.23. The number of hydrogen-bond acceptors (Lipinski definition) is 8.